The third kappa shape index (κ3) is 1.75. The zero-order valence-corrected chi connectivity index (χ0v) is 9.94. The van der Waals surface area contributed by atoms with Gasteiger partial charge in [-0.05, 0) is 12.5 Å². The van der Waals surface area contributed by atoms with E-state index in [4.69, 9.17) is 17.3 Å². The molecule has 2 atom stereocenters. The van der Waals surface area contributed by atoms with E-state index in [9.17, 15) is 4.79 Å². The molecule has 2 aliphatic rings. The van der Waals surface area contributed by atoms with Crippen LogP contribution in [0.4, 0.5) is 5.69 Å². The molecule has 3 rings (SSSR count). The van der Waals surface area contributed by atoms with Gasteiger partial charge in [-0.15, -0.1) is 0 Å². The first-order valence-corrected chi connectivity index (χ1v) is 5.98. The van der Waals surface area contributed by atoms with Crippen LogP contribution < -0.4 is 16.0 Å². The number of carbonyl (C=O) groups is 1. The minimum absolute atomic E-state index is 0.170. The Hall–Kier alpha value is -1.33. The van der Waals surface area contributed by atoms with E-state index in [0.29, 0.717) is 17.6 Å². The molecule has 0 radical (unpaired) electrons. The number of amides is 1. The fraction of sp³-hybridized carbons (Fsp3) is 0.455. The summed E-state index contributed by atoms with van der Waals surface area (Å²) in [7, 11) is 0. The lowest BCUT2D eigenvalue weighted by Gasteiger charge is -2.29. The SMILES string of the molecule is NC(=O)c1cc(N2C[C@H]3C[C@@H]2CN3)cnc1Cl. The highest BCUT2D eigenvalue weighted by Crippen LogP contribution is 2.30. The molecule has 0 saturated carbocycles. The summed E-state index contributed by atoms with van der Waals surface area (Å²) < 4.78 is 0. The number of hydrogen-bond donors (Lipinski definition) is 2. The summed E-state index contributed by atoms with van der Waals surface area (Å²) in [6.07, 6.45) is 2.85. The molecule has 3 N–H and O–H groups in total. The van der Waals surface area contributed by atoms with E-state index in [0.717, 1.165) is 25.2 Å². The topological polar surface area (TPSA) is 71.2 Å². The Morgan fingerprint density at radius 1 is 1.65 bits per heavy atom. The molecule has 2 aliphatic heterocycles. The molecule has 6 heteroatoms. The largest absolute Gasteiger partial charge is 0.366 e. The summed E-state index contributed by atoms with van der Waals surface area (Å²) in [5.74, 6) is -0.535. The highest BCUT2D eigenvalue weighted by Gasteiger charge is 2.37. The van der Waals surface area contributed by atoms with Crippen LogP contribution in [0.15, 0.2) is 12.3 Å². The molecular formula is C11H13ClN4O. The van der Waals surface area contributed by atoms with Gasteiger partial charge in [0.15, 0.2) is 0 Å². The van der Waals surface area contributed by atoms with Gasteiger partial charge in [-0.25, -0.2) is 4.98 Å². The van der Waals surface area contributed by atoms with E-state index in [-0.39, 0.29) is 5.15 Å². The molecule has 3 heterocycles. The third-order valence-electron chi connectivity index (χ3n) is 3.48. The van der Waals surface area contributed by atoms with E-state index in [1.54, 1.807) is 12.3 Å². The van der Waals surface area contributed by atoms with Gasteiger partial charge in [-0.1, -0.05) is 11.6 Å². The molecule has 1 aromatic heterocycles. The van der Waals surface area contributed by atoms with E-state index in [2.05, 4.69) is 15.2 Å². The van der Waals surface area contributed by atoms with Gasteiger partial charge in [0.05, 0.1) is 17.4 Å². The van der Waals surface area contributed by atoms with Crippen LogP contribution >= 0.6 is 11.6 Å². The minimum atomic E-state index is -0.535. The Balaban J connectivity index is 1.93. The van der Waals surface area contributed by atoms with Crippen LogP contribution in [0, 0.1) is 0 Å². The Kier molecular flexibility index (Phi) is 2.45. The number of hydrogen-bond acceptors (Lipinski definition) is 4. The molecule has 1 aromatic rings. The van der Waals surface area contributed by atoms with Crippen molar-refractivity contribution in [2.24, 2.45) is 5.73 Å². The molecular weight excluding hydrogens is 240 g/mol. The van der Waals surface area contributed by atoms with Crippen molar-refractivity contribution in [3.05, 3.63) is 23.0 Å². The molecule has 1 amide bonds. The van der Waals surface area contributed by atoms with E-state index >= 15 is 0 Å². The summed E-state index contributed by atoms with van der Waals surface area (Å²) >= 11 is 5.83. The van der Waals surface area contributed by atoms with Gasteiger partial charge in [0, 0.05) is 25.2 Å². The van der Waals surface area contributed by atoms with E-state index < -0.39 is 5.91 Å². The van der Waals surface area contributed by atoms with Gasteiger partial charge in [-0.3, -0.25) is 4.79 Å². The first-order chi connectivity index (χ1) is 8.15. The molecule has 5 nitrogen and oxygen atoms in total. The lowest BCUT2D eigenvalue weighted by Crippen LogP contribution is -2.43. The predicted molar refractivity (Wildman–Crippen MR) is 65.3 cm³/mol. The van der Waals surface area contributed by atoms with Crippen molar-refractivity contribution in [2.45, 2.75) is 18.5 Å². The van der Waals surface area contributed by atoms with Crippen LogP contribution in [-0.2, 0) is 0 Å². The second-order valence-corrected chi connectivity index (χ2v) is 4.90. The zero-order chi connectivity index (χ0) is 12.0. The highest BCUT2D eigenvalue weighted by atomic mass is 35.5. The summed E-state index contributed by atoms with van der Waals surface area (Å²) in [5.41, 5.74) is 6.48. The zero-order valence-electron chi connectivity index (χ0n) is 9.19. The van der Waals surface area contributed by atoms with E-state index in [1.807, 2.05) is 0 Å². The fourth-order valence-electron chi connectivity index (χ4n) is 2.64. The van der Waals surface area contributed by atoms with Crippen molar-refractivity contribution in [2.75, 3.05) is 18.0 Å². The van der Waals surface area contributed by atoms with Crippen molar-refractivity contribution in [1.29, 1.82) is 0 Å². The first kappa shape index (κ1) is 10.8. The first-order valence-electron chi connectivity index (χ1n) is 5.60. The van der Waals surface area contributed by atoms with Crippen LogP contribution in [0.25, 0.3) is 0 Å². The normalized spacial score (nSPS) is 26.5. The van der Waals surface area contributed by atoms with Crippen molar-refractivity contribution >= 4 is 23.2 Å². The molecule has 2 fully saturated rings. The van der Waals surface area contributed by atoms with E-state index in [1.165, 1.54) is 0 Å². The lowest BCUT2D eigenvalue weighted by molar-refractivity contribution is 0.1000. The second kappa shape index (κ2) is 3.85. The van der Waals surface area contributed by atoms with Gasteiger partial charge in [0.2, 0.25) is 0 Å². The number of anilines is 1. The quantitative estimate of drug-likeness (QED) is 0.747. The van der Waals surface area contributed by atoms with Crippen LogP contribution in [0.1, 0.15) is 16.8 Å². The maximum Gasteiger partial charge on any atom is 0.251 e. The molecule has 2 bridgehead atoms. The lowest BCUT2D eigenvalue weighted by atomic mass is 10.2. The van der Waals surface area contributed by atoms with Gasteiger partial charge < -0.3 is 16.0 Å². The Bertz CT molecular complexity index is 479. The van der Waals surface area contributed by atoms with Crippen LogP contribution in [0.2, 0.25) is 5.15 Å². The number of pyridine rings is 1. The highest BCUT2D eigenvalue weighted by molar-refractivity contribution is 6.32. The third-order valence-corrected chi connectivity index (χ3v) is 3.78. The molecule has 17 heavy (non-hydrogen) atoms. The summed E-state index contributed by atoms with van der Waals surface area (Å²) in [4.78, 5) is 17.5. The summed E-state index contributed by atoms with van der Waals surface area (Å²) in [6.45, 7) is 1.94. The number of rotatable bonds is 2. The van der Waals surface area contributed by atoms with Crippen molar-refractivity contribution < 1.29 is 4.79 Å². The number of halogens is 1. The average Bonchev–Trinajstić information content (AvgIpc) is 2.91. The number of aromatic nitrogens is 1. The maximum atomic E-state index is 11.2. The maximum absolute atomic E-state index is 11.2. The molecule has 0 aliphatic carbocycles. The molecule has 2 saturated heterocycles. The second-order valence-electron chi connectivity index (χ2n) is 4.54. The van der Waals surface area contributed by atoms with Gasteiger partial charge >= 0.3 is 0 Å². The number of carbonyl (C=O) groups excluding carboxylic acids is 1. The number of nitrogens with two attached hydrogens (primary N) is 1. The fourth-order valence-corrected chi connectivity index (χ4v) is 2.84. The van der Waals surface area contributed by atoms with Gasteiger partial charge in [0.1, 0.15) is 5.15 Å². The van der Waals surface area contributed by atoms with Crippen molar-refractivity contribution in [3.63, 3.8) is 0 Å². The Morgan fingerprint density at radius 3 is 3.06 bits per heavy atom. The average molecular weight is 253 g/mol. The smallest absolute Gasteiger partial charge is 0.251 e. The number of nitrogens with one attached hydrogen (secondary N) is 1. The van der Waals surface area contributed by atoms with Crippen molar-refractivity contribution in [1.82, 2.24) is 10.3 Å². The molecule has 0 unspecified atom stereocenters. The van der Waals surface area contributed by atoms with Crippen LogP contribution in [0.3, 0.4) is 0 Å². The Morgan fingerprint density at radius 2 is 2.47 bits per heavy atom. The number of primary amides is 1. The van der Waals surface area contributed by atoms with Gasteiger partial charge in [-0.2, -0.15) is 0 Å². The Labute approximate surface area is 104 Å². The minimum Gasteiger partial charge on any atom is -0.366 e. The summed E-state index contributed by atoms with van der Waals surface area (Å²) in [5, 5.41) is 3.59. The van der Waals surface area contributed by atoms with Crippen LogP contribution in [-0.4, -0.2) is 36.1 Å². The van der Waals surface area contributed by atoms with Crippen molar-refractivity contribution in [3.8, 4) is 0 Å². The molecule has 0 spiro atoms. The predicted octanol–water partition coefficient (Wildman–Crippen LogP) is 0.384. The number of nitrogens with zero attached hydrogens (tertiary/aromatic N) is 2. The number of piperazine rings is 1. The monoisotopic (exact) mass is 252 g/mol. The molecule has 0 aromatic carbocycles. The summed E-state index contributed by atoms with van der Waals surface area (Å²) in [6, 6.07) is 2.77. The molecule has 90 valence electrons. The van der Waals surface area contributed by atoms with Crippen LogP contribution in [0.5, 0.6) is 0 Å². The van der Waals surface area contributed by atoms with Gasteiger partial charge in [0.25, 0.3) is 5.91 Å². The standard InChI is InChI=1S/C11H13ClN4O/c12-10-9(11(13)17)2-8(4-15-10)16-5-6-1-7(16)3-14-6/h2,4,6-7,14H,1,3,5H2,(H2,13,17)/t6-,7-/m1/s1. The number of fused-ring (bicyclic) bond motifs is 2.